The van der Waals surface area contributed by atoms with Crippen LogP contribution in [0.4, 0.5) is 20.7 Å². The van der Waals surface area contributed by atoms with Crippen LogP contribution in [-0.2, 0) is 15.6 Å². The minimum absolute atomic E-state index is 0.0271. The van der Waals surface area contributed by atoms with E-state index in [0.29, 0.717) is 11.3 Å². The van der Waals surface area contributed by atoms with Crippen molar-refractivity contribution in [2.75, 3.05) is 17.7 Å². The molecule has 2 aromatic carbocycles. The van der Waals surface area contributed by atoms with Gasteiger partial charge < -0.3 is 21.5 Å². The van der Waals surface area contributed by atoms with Crippen LogP contribution in [0.2, 0.25) is 0 Å². The van der Waals surface area contributed by atoms with Gasteiger partial charge in [-0.3, -0.25) is 0 Å². The molecule has 0 atom stereocenters. The minimum atomic E-state index is -3.77. The fourth-order valence-electron chi connectivity index (χ4n) is 2.85. The van der Waals surface area contributed by atoms with E-state index in [1.165, 1.54) is 18.2 Å². The lowest BCUT2D eigenvalue weighted by molar-refractivity contribution is 0.187. The molecule has 2 amide bonds. The second-order valence-electron chi connectivity index (χ2n) is 8.02. The number of halogens is 1. The van der Waals surface area contributed by atoms with Gasteiger partial charge in [0.25, 0.3) is 0 Å². The number of nitrogens with one attached hydrogen (secondary N) is 2. The first-order valence-electron chi connectivity index (χ1n) is 9.90. The predicted octanol–water partition coefficient (Wildman–Crippen LogP) is 2.73. The first kappa shape index (κ1) is 24.1. The predicted molar refractivity (Wildman–Crippen MR) is 122 cm³/mol. The molecule has 0 unspecified atom stereocenters. The van der Waals surface area contributed by atoms with E-state index in [4.69, 9.17) is 5.73 Å². The van der Waals surface area contributed by atoms with E-state index in [-0.39, 0.29) is 28.8 Å². The van der Waals surface area contributed by atoms with E-state index in [2.05, 4.69) is 20.6 Å². The lowest BCUT2D eigenvalue weighted by Crippen LogP contribution is -2.48. The maximum Gasteiger partial charge on any atom is 0.319 e. The van der Waals surface area contributed by atoms with Crippen molar-refractivity contribution in [3.63, 3.8) is 0 Å². The van der Waals surface area contributed by atoms with Crippen molar-refractivity contribution in [2.24, 2.45) is 0 Å². The smallest absolute Gasteiger partial charge is 0.319 e. The van der Waals surface area contributed by atoms with Gasteiger partial charge in [0.1, 0.15) is 11.6 Å². The summed E-state index contributed by atoms with van der Waals surface area (Å²) in [5.74, 6) is -0.650. The third kappa shape index (κ3) is 6.46. The van der Waals surface area contributed by atoms with Crippen LogP contribution in [0.3, 0.4) is 0 Å². The Labute approximate surface area is 190 Å². The van der Waals surface area contributed by atoms with Crippen LogP contribution in [0.25, 0.3) is 11.4 Å². The quantitative estimate of drug-likeness (QED) is 0.386. The Hall–Kier alpha value is -3.57. The molecule has 3 rings (SSSR count). The maximum absolute atomic E-state index is 13.1. The second-order valence-corrected chi connectivity index (χ2v) is 10.0. The molecule has 174 valence electrons. The zero-order valence-corrected chi connectivity index (χ0v) is 18.9. The first-order valence-corrected chi connectivity index (χ1v) is 11.5. The molecule has 0 fully saturated rings. The van der Waals surface area contributed by atoms with Gasteiger partial charge in [-0.15, -0.1) is 0 Å². The molecule has 0 aliphatic carbocycles. The Morgan fingerprint density at radius 1 is 1.09 bits per heavy atom. The SMILES string of the molecule is CC(C)(CO)NC(=O)Nc1ccc(-c2nc(N)cc(CS(=O)(=O)c3ccc(F)cc3)n2)cc1. The summed E-state index contributed by atoms with van der Waals surface area (Å²) in [4.78, 5) is 20.5. The fraction of sp³-hybridized carbons (Fsp3) is 0.227. The van der Waals surface area contributed by atoms with Gasteiger partial charge in [0.15, 0.2) is 15.7 Å². The lowest BCUT2D eigenvalue weighted by Gasteiger charge is -2.23. The number of nitrogens with zero attached hydrogens (tertiary/aromatic N) is 2. The Morgan fingerprint density at radius 2 is 1.73 bits per heavy atom. The Bertz CT molecular complexity index is 1250. The molecule has 0 aliphatic rings. The van der Waals surface area contributed by atoms with Crippen molar-refractivity contribution in [1.29, 1.82) is 0 Å². The number of carbonyl (C=O) groups excluding carboxylic acids is 1. The number of aliphatic hydroxyl groups is 1. The van der Waals surface area contributed by atoms with Gasteiger partial charge in [-0.25, -0.2) is 27.6 Å². The number of nitrogens with two attached hydrogens (primary N) is 1. The summed E-state index contributed by atoms with van der Waals surface area (Å²) in [6, 6.07) is 12.0. The Kier molecular flexibility index (Phi) is 6.94. The standard InChI is InChI=1S/C22H24FN5O4S/c1-22(2,13-29)28-21(30)26-16-7-3-14(4-8-16)20-25-17(11-19(24)27-20)12-33(31,32)18-9-5-15(23)6-10-18/h3-11,29H,12-13H2,1-2H3,(H2,24,25,27)(H2,26,28,30). The average molecular weight is 474 g/mol. The summed E-state index contributed by atoms with van der Waals surface area (Å²) in [6.07, 6.45) is 0. The molecule has 33 heavy (non-hydrogen) atoms. The molecular weight excluding hydrogens is 449 g/mol. The highest BCUT2D eigenvalue weighted by Crippen LogP contribution is 2.22. The van der Waals surface area contributed by atoms with Crippen LogP contribution < -0.4 is 16.4 Å². The van der Waals surface area contributed by atoms with Crippen LogP contribution in [-0.4, -0.2) is 41.7 Å². The molecule has 0 saturated heterocycles. The number of sulfone groups is 1. The van der Waals surface area contributed by atoms with Crippen LogP contribution in [0.5, 0.6) is 0 Å². The molecule has 11 heteroatoms. The van der Waals surface area contributed by atoms with Crippen molar-refractivity contribution in [2.45, 2.75) is 30.0 Å². The van der Waals surface area contributed by atoms with E-state index in [9.17, 15) is 22.7 Å². The lowest BCUT2D eigenvalue weighted by atomic mass is 10.1. The molecule has 9 nitrogen and oxygen atoms in total. The van der Waals surface area contributed by atoms with Gasteiger partial charge in [-0.1, -0.05) is 0 Å². The number of aromatic nitrogens is 2. The monoisotopic (exact) mass is 473 g/mol. The number of aliphatic hydroxyl groups excluding tert-OH is 1. The number of hydrogen-bond donors (Lipinski definition) is 4. The zero-order valence-electron chi connectivity index (χ0n) is 18.0. The minimum Gasteiger partial charge on any atom is -0.394 e. The molecule has 1 heterocycles. The summed E-state index contributed by atoms with van der Waals surface area (Å²) < 4.78 is 38.4. The summed E-state index contributed by atoms with van der Waals surface area (Å²) in [5, 5.41) is 14.5. The van der Waals surface area contributed by atoms with E-state index in [0.717, 1.165) is 12.1 Å². The Morgan fingerprint density at radius 3 is 2.33 bits per heavy atom. The highest BCUT2D eigenvalue weighted by molar-refractivity contribution is 7.90. The molecule has 0 bridgehead atoms. The molecule has 0 aliphatic heterocycles. The van der Waals surface area contributed by atoms with Gasteiger partial charge >= 0.3 is 6.03 Å². The molecule has 0 radical (unpaired) electrons. The summed E-state index contributed by atoms with van der Waals surface area (Å²) in [6.45, 7) is 3.15. The summed E-state index contributed by atoms with van der Waals surface area (Å²) in [7, 11) is -3.77. The first-order chi connectivity index (χ1) is 15.5. The average Bonchev–Trinajstić information content (AvgIpc) is 2.73. The number of amides is 2. The van der Waals surface area contributed by atoms with E-state index < -0.39 is 33.0 Å². The number of anilines is 2. The van der Waals surface area contributed by atoms with E-state index in [1.807, 2.05) is 0 Å². The topological polar surface area (TPSA) is 147 Å². The van der Waals surface area contributed by atoms with Crippen molar-refractivity contribution in [3.8, 4) is 11.4 Å². The number of hydrogen-bond acceptors (Lipinski definition) is 7. The highest BCUT2D eigenvalue weighted by atomic mass is 32.2. The van der Waals surface area contributed by atoms with Gasteiger partial charge in [0.05, 0.1) is 28.5 Å². The summed E-state index contributed by atoms with van der Waals surface area (Å²) in [5.41, 5.74) is 6.33. The van der Waals surface area contributed by atoms with Crippen LogP contribution in [0, 0.1) is 5.82 Å². The Balaban J connectivity index is 1.78. The third-order valence-corrected chi connectivity index (χ3v) is 6.22. The van der Waals surface area contributed by atoms with Crippen molar-refractivity contribution in [3.05, 3.63) is 66.1 Å². The van der Waals surface area contributed by atoms with Crippen molar-refractivity contribution in [1.82, 2.24) is 15.3 Å². The second kappa shape index (κ2) is 9.51. The van der Waals surface area contributed by atoms with Crippen LogP contribution >= 0.6 is 0 Å². The van der Waals surface area contributed by atoms with Gasteiger partial charge in [-0.05, 0) is 62.4 Å². The zero-order chi connectivity index (χ0) is 24.2. The molecule has 0 saturated carbocycles. The van der Waals surface area contributed by atoms with Crippen molar-refractivity contribution < 1.29 is 22.7 Å². The molecule has 5 N–H and O–H groups in total. The molecule has 1 aromatic heterocycles. The van der Waals surface area contributed by atoms with Crippen molar-refractivity contribution >= 4 is 27.4 Å². The van der Waals surface area contributed by atoms with E-state index >= 15 is 0 Å². The number of benzene rings is 2. The molecule has 3 aromatic rings. The molecule has 0 spiro atoms. The normalized spacial score (nSPS) is 11.8. The van der Waals surface area contributed by atoms with Gasteiger partial charge in [0.2, 0.25) is 0 Å². The van der Waals surface area contributed by atoms with Gasteiger partial charge in [0, 0.05) is 17.3 Å². The summed E-state index contributed by atoms with van der Waals surface area (Å²) >= 11 is 0. The third-order valence-electron chi connectivity index (χ3n) is 4.56. The number of nitrogen functional groups attached to an aromatic ring is 1. The fourth-order valence-corrected chi connectivity index (χ4v) is 4.11. The number of urea groups is 1. The van der Waals surface area contributed by atoms with Crippen LogP contribution in [0.1, 0.15) is 19.5 Å². The number of rotatable bonds is 7. The molecular formula is C22H24FN5O4S. The van der Waals surface area contributed by atoms with E-state index in [1.54, 1.807) is 38.1 Å². The largest absolute Gasteiger partial charge is 0.394 e. The maximum atomic E-state index is 13.1. The number of carbonyl (C=O) groups is 1. The highest BCUT2D eigenvalue weighted by Gasteiger charge is 2.20. The van der Waals surface area contributed by atoms with Crippen LogP contribution in [0.15, 0.2) is 59.5 Å². The van der Waals surface area contributed by atoms with Gasteiger partial charge in [-0.2, -0.15) is 0 Å².